The lowest BCUT2D eigenvalue weighted by Gasteiger charge is -2.30. The molecule has 4 rings (SSSR count). The summed E-state index contributed by atoms with van der Waals surface area (Å²) in [5, 5.41) is 2.63. The topological polar surface area (TPSA) is 17.4 Å². The first-order chi connectivity index (χ1) is 13.2. The Hall–Kier alpha value is -1.68. The van der Waals surface area contributed by atoms with Crippen molar-refractivity contribution in [3.8, 4) is 5.75 Å². The van der Waals surface area contributed by atoms with Crippen molar-refractivity contribution < 1.29 is 4.74 Å². The van der Waals surface area contributed by atoms with Gasteiger partial charge in [0.05, 0.1) is 6.61 Å². The van der Waals surface area contributed by atoms with E-state index in [-0.39, 0.29) is 0 Å². The van der Waals surface area contributed by atoms with E-state index in [2.05, 4.69) is 39.9 Å². The minimum atomic E-state index is 0.667. The zero-order valence-corrected chi connectivity index (χ0v) is 16.8. The lowest BCUT2D eigenvalue weighted by Crippen LogP contribution is -2.39. The van der Waals surface area contributed by atoms with Crippen LogP contribution in [0, 0.1) is 0 Å². The van der Waals surface area contributed by atoms with Gasteiger partial charge in [-0.3, -0.25) is 0 Å². The summed E-state index contributed by atoms with van der Waals surface area (Å²) in [7, 11) is 0. The molecule has 1 saturated heterocycles. The molecule has 0 atom stereocenters. The van der Waals surface area contributed by atoms with Crippen LogP contribution in [-0.2, 0) is 13.0 Å². The van der Waals surface area contributed by atoms with Gasteiger partial charge >= 0.3 is 0 Å². The minimum Gasteiger partial charge on any atom is -0.494 e. The average Bonchev–Trinajstić information content (AvgIpc) is 3.01. The quantitative estimate of drug-likeness (QED) is 0.451. The highest BCUT2D eigenvalue weighted by Gasteiger charge is 2.13. The molecule has 1 aliphatic heterocycles. The van der Waals surface area contributed by atoms with Crippen LogP contribution >= 0.6 is 23.2 Å². The zero-order valence-electron chi connectivity index (χ0n) is 15.3. The van der Waals surface area contributed by atoms with Crippen molar-refractivity contribution in [1.82, 2.24) is 9.47 Å². The molecule has 1 fully saturated rings. The number of likely N-dealkylation sites (tertiary alicyclic amines) is 1. The molecular weight excluding hydrogens is 379 g/mol. The van der Waals surface area contributed by atoms with Crippen molar-refractivity contribution in [1.29, 1.82) is 0 Å². The molecule has 2 heterocycles. The summed E-state index contributed by atoms with van der Waals surface area (Å²) >= 11 is 12.2. The highest BCUT2D eigenvalue weighted by Crippen LogP contribution is 2.24. The number of halogens is 2. The van der Waals surface area contributed by atoms with Gasteiger partial charge in [-0.05, 0) is 74.3 Å². The van der Waals surface area contributed by atoms with Crippen molar-refractivity contribution in [2.75, 3.05) is 26.2 Å². The summed E-state index contributed by atoms with van der Waals surface area (Å²) in [6.07, 6.45) is 5.31. The van der Waals surface area contributed by atoms with Gasteiger partial charge in [0.1, 0.15) is 5.75 Å². The zero-order chi connectivity index (χ0) is 18.6. The fourth-order valence-corrected chi connectivity index (χ4v) is 4.00. The van der Waals surface area contributed by atoms with Gasteiger partial charge in [0.15, 0.2) is 0 Å². The number of fused-ring (bicyclic) bond motifs is 1. The van der Waals surface area contributed by atoms with Crippen LogP contribution in [0.3, 0.4) is 0 Å². The van der Waals surface area contributed by atoms with Crippen LogP contribution in [0.1, 0.15) is 18.4 Å². The Labute approximate surface area is 170 Å². The number of aromatic nitrogens is 1. The molecule has 0 amide bonds. The normalized spacial score (nSPS) is 14.4. The number of aryl methyl sites for hydroxylation is 1. The summed E-state index contributed by atoms with van der Waals surface area (Å²) < 4.78 is 8.28. The third-order valence-electron chi connectivity index (χ3n) is 5.22. The molecule has 0 saturated carbocycles. The number of rotatable bonds is 8. The molecule has 3 nitrogen and oxygen atoms in total. The van der Waals surface area contributed by atoms with Gasteiger partial charge < -0.3 is 14.2 Å². The molecule has 142 valence electrons. The number of benzene rings is 2. The van der Waals surface area contributed by atoms with E-state index in [9.17, 15) is 0 Å². The minimum absolute atomic E-state index is 0.667. The molecule has 5 heteroatoms. The van der Waals surface area contributed by atoms with Gasteiger partial charge in [-0.15, -0.1) is 0 Å². The largest absolute Gasteiger partial charge is 0.494 e. The predicted molar refractivity (Wildman–Crippen MR) is 113 cm³/mol. The molecule has 0 radical (unpaired) electrons. The molecule has 0 bridgehead atoms. The van der Waals surface area contributed by atoms with E-state index in [4.69, 9.17) is 27.9 Å². The van der Waals surface area contributed by atoms with Gasteiger partial charge in [-0.2, -0.15) is 0 Å². The van der Waals surface area contributed by atoms with Gasteiger partial charge in [-0.1, -0.05) is 29.3 Å². The van der Waals surface area contributed by atoms with Crippen LogP contribution in [0.15, 0.2) is 48.7 Å². The van der Waals surface area contributed by atoms with Crippen LogP contribution in [0.5, 0.6) is 5.75 Å². The molecule has 3 aromatic rings. The van der Waals surface area contributed by atoms with Crippen molar-refractivity contribution >= 4 is 34.1 Å². The van der Waals surface area contributed by atoms with Gasteiger partial charge in [-0.25, -0.2) is 0 Å². The molecule has 0 unspecified atom stereocenters. The van der Waals surface area contributed by atoms with E-state index in [1.54, 1.807) is 6.07 Å². The van der Waals surface area contributed by atoms with Gasteiger partial charge in [0.25, 0.3) is 0 Å². The average molecular weight is 403 g/mol. The van der Waals surface area contributed by atoms with E-state index in [1.165, 1.54) is 30.4 Å². The fourth-order valence-electron chi connectivity index (χ4n) is 3.49. The number of nitrogens with zero attached hydrogens (tertiary/aromatic N) is 2. The first kappa shape index (κ1) is 18.7. The number of hydrogen-bond donors (Lipinski definition) is 0. The summed E-state index contributed by atoms with van der Waals surface area (Å²) in [6, 6.07) is 14.2. The molecular formula is C22H24Cl2N2O. The van der Waals surface area contributed by atoms with Crippen molar-refractivity contribution in [3.63, 3.8) is 0 Å². The predicted octanol–water partition coefficient (Wildman–Crippen LogP) is 5.67. The Morgan fingerprint density at radius 2 is 1.85 bits per heavy atom. The van der Waals surface area contributed by atoms with Crippen LogP contribution in [0.2, 0.25) is 10.0 Å². The standard InChI is InChI=1S/C22H24Cl2N2O/c23-19-5-4-17(21(24)16-19)3-1-14-27-20-6-7-22-18(15-20)8-11-26(22)13-12-25-9-2-10-25/h4-8,11,15-16H,1-3,9-10,12-14H2. The van der Waals surface area contributed by atoms with Crippen LogP contribution in [0.4, 0.5) is 0 Å². The molecule has 1 aromatic heterocycles. The second-order valence-corrected chi connectivity index (χ2v) is 7.96. The number of hydrogen-bond acceptors (Lipinski definition) is 2. The Morgan fingerprint density at radius 1 is 0.963 bits per heavy atom. The number of ether oxygens (including phenoxy) is 1. The lowest BCUT2D eigenvalue weighted by atomic mass is 10.1. The molecule has 2 aromatic carbocycles. The van der Waals surface area contributed by atoms with Gasteiger partial charge in [0.2, 0.25) is 0 Å². The molecule has 0 spiro atoms. The van der Waals surface area contributed by atoms with E-state index in [0.29, 0.717) is 11.6 Å². The van der Waals surface area contributed by atoms with Crippen LogP contribution in [0.25, 0.3) is 10.9 Å². The molecule has 27 heavy (non-hydrogen) atoms. The smallest absolute Gasteiger partial charge is 0.120 e. The maximum Gasteiger partial charge on any atom is 0.120 e. The van der Waals surface area contributed by atoms with E-state index in [1.807, 2.05) is 12.1 Å². The molecule has 1 aliphatic rings. The molecule has 0 aliphatic carbocycles. The van der Waals surface area contributed by atoms with Crippen molar-refractivity contribution in [3.05, 3.63) is 64.3 Å². The second kappa shape index (κ2) is 8.55. The van der Waals surface area contributed by atoms with Gasteiger partial charge in [0, 0.05) is 40.2 Å². The summed E-state index contributed by atoms with van der Waals surface area (Å²) in [5.41, 5.74) is 2.38. The fraction of sp³-hybridized carbons (Fsp3) is 0.364. The Morgan fingerprint density at radius 3 is 2.63 bits per heavy atom. The van der Waals surface area contributed by atoms with Crippen LogP contribution < -0.4 is 4.74 Å². The maximum atomic E-state index is 6.22. The monoisotopic (exact) mass is 402 g/mol. The summed E-state index contributed by atoms with van der Waals surface area (Å²) in [6.45, 7) is 5.35. The SMILES string of the molecule is Clc1ccc(CCCOc2ccc3c(ccn3CCN3CCC3)c2)c(Cl)c1. The van der Waals surface area contributed by atoms with Crippen LogP contribution in [-0.4, -0.2) is 35.7 Å². The second-order valence-electron chi connectivity index (χ2n) is 7.11. The Bertz CT molecular complexity index is 918. The molecule has 0 N–H and O–H groups in total. The van der Waals surface area contributed by atoms with E-state index in [0.717, 1.165) is 42.3 Å². The summed E-state index contributed by atoms with van der Waals surface area (Å²) in [5.74, 6) is 0.921. The Kier molecular flexibility index (Phi) is 5.92. The first-order valence-electron chi connectivity index (χ1n) is 9.57. The highest BCUT2D eigenvalue weighted by molar-refractivity contribution is 6.35. The van der Waals surface area contributed by atoms with Crippen molar-refractivity contribution in [2.24, 2.45) is 0 Å². The lowest BCUT2D eigenvalue weighted by molar-refractivity contribution is 0.175. The van der Waals surface area contributed by atoms with E-state index >= 15 is 0 Å². The third kappa shape index (κ3) is 4.60. The van der Waals surface area contributed by atoms with E-state index < -0.39 is 0 Å². The first-order valence-corrected chi connectivity index (χ1v) is 10.3. The third-order valence-corrected chi connectivity index (χ3v) is 5.81. The summed E-state index contributed by atoms with van der Waals surface area (Å²) in [4.78, 5) is 2.50. The Balaban J connectivity index is 1.30. The van der Waals surface area contributed by atoms with Crippen molar-refractivity contribution in [2.45, 2.75) is 25.8 Å². The maximum absolute atomic E-state index is 6.22. The highest BCUT2D eigenvalue weighted by atomic mass is 35.5.